The zero-order valence-corrected chi connectivity index (χ0v) is 14.3. The lowest BCUT2D eigenvalue weighted by Gasteiger charge is -2.24. The predicted octanol–water partition coefficient (Wildman–Crippen LogP) is 3.53. The Morgan fingerprint density at radius 3 is 2.83 bits per heavy atom. The van der Waals surface area contributed by atoms with Crippen molar-refractivity contribution >= 4 is 23.2 Å². The van der Waals surface area contributed by atoms with Crippen molar-refractivity contribution in [2.45, 2.75) is 19.5 Å². The Kier molecular flexibility index (Phi) is 4.92. The van der Waals surface area contributed by atoms with Gasteiger partial charge in [0.1, 0.15) is 0 Å². The van der Waals surface area contributed by atoms with E-state index < -0.39 is 0 Å². The highest BCUT2D eigenvalue weighted by Gasteiger charge is 2.20. The van der Waals surface area contributed by atoms with Crippen LogP contribution in [0.4, 0.5) is 5.69 Å². The van der Waals surface area contributed by atoms with Gasteiger partial charge in [0.25, 0.3) is 0 Å². The highest BCUT2D eigenvalue weighted by molar-refractivity contribution is 6.30. The van der Waals surface area contributed by atoms with Crippen LogP contribution in [0.1, 0.15) is 12.5 Å². The predicted molar refractivity (Wildman–Crippen MR) is 93.6 cm³/mol. The fourth-order valence-corrected chi connectivity index (χ4v) is 2.69. The smallest absolute Gasteiger partial charge is 0.241 e. The van der Waals surface area contributed by atoms with Gasteiger partial charge in [0.15, 0.2) is 11.5 Å². The van der Waals surface area contributed by atoms with Crippen molar-refractivity contribution in [3.63, 3.8) is 0 Å². The molecule has 3 rings (SSSR count). The molecule has 1 amide bonds. The number of carbonyl (C=O) groups is 1. The summed E-state index contributed by atoms with van der Waals surface area (Å²) in [7, 11) is 1.91. The van der Waals surface area contributed by atoms with E-state index in [1.165, 1.54) is 0 Å². The first-order valence-electron chi connectivity index (χ1n) is 7.68. The Morgan fingerprint density at radius 2 is 2.04 bits per heavy atom. The third kappa shape index (κ3) is 3.80. The van der Waals surface area contributed by atoms with Crippen LogP contribution in [0.15, 0.2) is 42.5 Å². The molecule has 5 nitrogen and oxygen atoms in total. The minimum Gasteiger partial charge on any atom is -0.454 e. The van der Waals surface area contributed by atoms with E-state index >= 15 is 0 Å². The van der Waals surface area contributed by atoms with E-state index in [0.29, 0.717) is 28.8 Å². The molecular formula is C18H19ClN2O3. The number of nitrogens with zero attached hydrogens (tertiary/aromatic N) is 1. The number of carbonyl (C=O) groups excluding carboxylic acids is 1. The molecule has 126 valence electrons. The van der Waals surface area contributed by atoms with Crippen LogP contribution in [-0.4, -0.2) is 30.7 Å². The molecule has 1 heterocycles. The van der Waals surface area contributed by atoms with E-state index in [-0.39, 0.29) is 18.7 Å². The zero-order chi connectivity index (χ0) is 17.1. The van der Waals surface area contributed by atoms with E-state index in [1.54, 1.807) is 18.2 Å². The van der Waals surface area contributed by atoms with Crippen LogP contribution in [0.25, 0.3) is 0 Å². The Hall–Kier alpha value is -2.24. The molecular weight excluding hydrogens is 328 g/mol. The van der Waals surface area contributed by atoms with Crippen molar-refractivity contribution < 1.29 is 14.3 Å². The van der Waals surface area contributed by atoms with E-state index in [2.05, 4.69) is 5.32 Å². The third-order valence-corrected chi connectivity index (χ3v) is 4.24. The molecule has 0 fully saturated rings. The fourth-order valence-electron chi connectivity index (χ4n) is 2.48. The number of benzene rings is 2. The molecule has 0 radical (unpaired) electrons. The summed E-state index contributed by atoms with van der Waals surface area (Å²) < 4.78 is 10.6. The van der Waals surface area contributed by atoms with E-state index in [9.17, 15) is 4.79 Å². The Balaban J connectivity index is 1.61. The number of rotatable bonds is 5. The highest BCUT2D eigenvalue weighted by Crippen LogP contribution is 2.34. The largest absolute Gasteiger partial charge is 0.454 e. The summed E-state index contributed by atoms with van der Waals surface area (Å²) in [5, 5.41) is 3.60. The van der Waals surface area contributed by atoms with Crippen molar-refractivity contribution in [1.29, 1.82) is 0 Å². The number of nitrogens with one attached hydrogen (secondary N) is 1. The summed E-state index contributed by atoms with van der Waals surface area (Å²) >= 11 is 6.00. The van der Waals surface area contributed by atoms with Crippen molar-refractivity contribution in [3.05, 3.63) is 53.1 Å². The maximum absolute atomic E-state index is 12.5. The highest BCUT2D eigenvalue weighted by atomic mass is 35.5. The van der Waals surface area contributed by atoms with Gasteiger partial charge in [-0.1, -0.05) is 23.7 Å². The topological polar surface area (TPSA) is 50.8 Å². The van der Waals surface area contributed by atoms with Gasteiger partial charge in [-0.3, -0.25) is 9.69 Å². The molecule has 1 N–H and O–H groups in total. The second kappa shape index (κ2) is 7.11. The van der Waals surface area contributed by atoms with Crippen molar-refractivity contribution in [2.75, 3.05) is 19.2 Å². The standard InChI is InChI=1S/C18H19ClN2O3/c1-12(21(2)10-13-4-3-5-14(19)8-13)18(22)20-15-6-7-16-17(9-15)24-11-23-16/h3-9,12H,10-11H2,1-2H3,(H,20,22)/t12-/m0/s1. The van der Waals surface area contributed by atoms with E-state index in [0.717, 1.165) is 5.56 Å². The molecule has 0 aromatic heterocycles. The lowest BCUT2D eigenvalue weighted by Crippen LogP contribution is -2.39. The van der Waals surface area contributed by atoms with Crippen molar-refractivity contribution in [1.82, 2.24) is 4.90 Å². The van der Waals surface area contributed by atoms with Gasteiger partial charge in [-0.2, -0.15) is 0 Å². The molecule has 0 aliphatic carbocycles. The Morgan fingerprint density at radius 1 is 1.25 bits per heavy atom. The summed E-state index contributed by atoms with van der Waals surface area (Å²) in [6, 6.07) is 12.7. The molecule has 0 saturated heterocycles. The number of hydrogen-bond donors (Lipinski definition) is 1. The monoisotopic (exact) mass is 346 g/mol. The van der Waals surface area contributed by atoms with Gasteiger partial charge < -0.3 is 14.8 Å². The number of anilines is 1. The van der Waals surface area contributed by atoms with Crippen LogP contribution in [0.2, 0.25) is 5.02 Å². The summed E-state index contributed by atoms with van der Waals surface area (Å²) in [5.74, 6) is 1.25. The van der Waals surface area contributed by atoms with Gasteiger partial charge in [0.05, 0.1) is 6.04 Å². The van der Waals surface area contributed by atoms with Gasteiger partial charge >= 0.3 is 0 Å². The first-order valence-corrected chi connectivity index (χ1v) is 8.06. The normalized spacial score (nSPS) is 13.8. The first kappa shape index (κ1) is 16.6. The van der Waals surface area contributed by atoms with Crippen LogP contribution in [-0.2, 0) is 11.3 Å². The van der Waals surface area contributed by atoms with Crippen LogP contribution >= 0.6 is 11.6 Å². The van der Waals surface area contributed by atoms with Gasteiger partial charge in [-0.15, -0.1) is 0 Å². The number of ether oxygens (including phenoxy) is 2. The SMILES string of the molecule is C[C@@H](C(=O)Nc1ccc2c(c1)OCO2)N(C)Cc1cccc(Cl)c1. The first-order chi connectivity index (χ1) is 11.5. The molecule has 0 spiro atoms. The molecule has 0 saturated carbocycles. The lowest BCUT2D eigenvalue weighted by atomic mass is 10.2. The van der Waals surface area contributed by atoms with E-state index in [4.69, 9.17) is 21.1 Å². The second-order valence-corrected chi connectivity index (χ2v) is 6.21. The van der Waals surface area contributed by atoms with Gasteiger partial charge in [0, 0.05) is 23.3 Å². The summed E-state index contributed by atoms with van der Waals surface area (Å²) in [6.45, 7) is 2.72. The average Bonchev–Trinajstić information content (AvgIpc) is 3.01. The van der Waals surface area contributed by atoms with Gasteiger partial charge in [0.2, 0.25) is 12.7 Å². The lowest BCUT2D eigenvalue weighted by molar-refractivity contribution is -0.120. The minimum absolute atomic E-state index is 0.0848. The zero-order valence-electron chi connectivity index (χ0n) is 13.6. The third-order valence-electron chi connectivity index (χ3n) is 4.00. The molecule has 24 heavy (non-hydrogen) atoms. The average molecular weight is 347 g/mol. The molecule has 1 aliphatic rings. The molecule has 0 bridgehead atoms. The summed E-state index contributed by atoms with van der Waals surface area (Å²) in [6.07, 6.45) is 0. The van der Waals surface area contributed by atoms with Gasteiger partial charge in [-0.25, -0.2) is 0 Å². The van der Waals surface area contributed by atoms with Crippen LogP contribution in [0, 0.1) is 0 Å². The number of amides is 1. The molecule has 2 aromatic rings. The van der Waals surface area contributed by atoms with Crippen LogP contribution in [0.3, 0.4) is 0 Å². The van der Waals surface area contributed by atoms with Crippen LogP contribution < -0.4 is 14.8 Å². The van der Waals surface area contributed by atoms with E-state index in [1.807, 2.05) is 43.1 Å². The maximum atomic E-state index is 12.5. The quantitative estimate of drug-likeness (QED) is 0.899. The number of halogens is 1. The number of hydrogen-bond acceptors (Lipinski definition) is 4. The minimum atomic E-state index is -0.297. The number of fused-ring (bicyclic) bond motifs is 1. The Labute approximate surface area is 146 Å². The molecule has 1 atom stereocenters. The Bertz CT molecular complexity index is 751. The van der Waals surface area contributed by atoms with Gasteiger partial charge in [-0.05, 0) is 43.8 Å². The maximum Gasteiger partial charge on any atom is 0.241 e. The van der Waals surface area contributed by atoms with Crippen molar-refractivity contribution in [2.24, 2.45) is 0 Å². The summed E-state index contributed by atoms with van der Waals surface area (Å²) in [5.41, 5.74) is 1.75. The van der Waals surface area contributed by atoms with Crippen molar-refractivity contribution in [3.8, 4) is 11.5 Å². The molecule has 0 unspecified atom stereocenters. The number of likely N-dealkylation sites (N-methyl/N-ethyl adjacent to an activating group) is 1. The molecule has 6 heteroatoms. The fraction of sp³-hybridized carbons (Fsp3) is 0.278. The molecule has 2 aromatic carbocycles. The summed E-state index contributed by atoms with van der Waals surface area (Å²) in [4.78, 5) is 14.4. The second-order valence-electron chi connectivity index (χ2n) is 5.78. The van der Waals surface area contributed by atoms with Crippen LogP contribution in [0.5, 0.6) is 11.5 Å². The molecule has 1 aliphatic heterocycles.